The highest BCUT2D eigenvalue weighted by Gasteiger charge is 2.25. The topological polar surface area (TPSA) is 180 Å². The number of nitrogens with one attached hydrogen (secondary N) is 2. The molecule has 0 aromatic heterocycles. The highest BCUT2D eigenvalue weighted by molar-refractivity contribution is 5.95. The number of rotatable bonds is 11. The van der Waals surface area contributed by atoms with Gasteiger partial charge >= 0.3 is 12.1 Å². The molecule has 0 aliphatic heterocycles. The van der Waals surface area contributed by atoms with E-state index in [-0.39, 0.29) is 23.2 Å². The summed E-state index contributed by atoms with van der Waals surface area (Å²) in [5.41, 5.74) is 1.59. The van der Waals surface area contributed by atoms with Crippen molar-refractivity contribution in [1.29, 1.82) is 0 Å². The van der Waals surface area contributed by atoms with Gasteiger partial charge in [-0.3, -0.25) is 9.59 Å². The second-order valence-electron chi connectivity index (χ2n) is 8.34. The van der Waals surface area contributed by atoms with Crippen molar-refractivity contribution >= 4 is 29.6 Å². The number of benzene rings is 1. The number of carbonyl (C=O) groups is 4. The molecule has 1 unspecified atom stereocenters. The molecule has 1 aromatic rings. The minimum Gasteiger partial charge on any atom is -0.478 e. The van der Waals surface area contributed by atoms with Crippen LogP contribution in [0.15, 0.2) is 23.5 Å². The highest BCUT2D eigenvalue weighted by Crippen LogP contribution is 2.29. The molecule has 0 aliphatic rings. The van der Waals surface area contributed by atoms with Crippen molar-refractivity contribution in [3.05, 3.63) is 34.2 Å². The molecule has 1 aromatic carbocycles. The Kier molecular flexibility index (Phi) is 10.4. The van der Waals surface area contributed by atoms with Crippen LogP contribution < -0.4 is 16.6 Å². The zero-order valence-electron chi connectivity index (χ0n) is 19.2. The number of unbranched alkanes of at least 4 members (excludes halogenated alkanes) is 2. The van der Waals surface area contributed by atoms with Gasteiger partial charge in [-0.05, 0) is 52.7 Å². The van der Waals surface area contributed by atoms with Crippen LogP contribution in [-0.2, 0) is 14.3 Å². The van der Waals surface area contributed by atoms with Gasteiger partial charge in [-0.15, -0.1) is 4.91 Å². The monoisotopic (exact) mass is 465 g/mol. The number of ether oxygens (including phenoxy) is 1. The predicted molar refractivity (Wildman–Crippen MR) is 120 cm³/mol. The molecule has 3 amide bonds. The first-order valence-electron chi connectivity index (χ1n) is 10.4. The molecule has 12 nitrogen and oxygen atoms in total. The van der Waals surface area contributed by atoms with Crippen molar-refractivity contribution in [1.82, 2.24) is 10.3 Å². The van der Waals surface area contributed by atoms with E-state index >= 15 is 0 Å². The van der Waals surface area contributed by atoms with Gasteiger partial charge in [0.05, 0.1) is 22.5 Å². The Bertz CT molecular complexity index is 882. The van der Waals surface area contributed by atoms with Crippen LogP contribution in [0.4, 0.5) is 10.5 Å². The Labute approximate surface area is 191 Å². The predicted octanol–water partition coefficient (Wildman–Crippen LogP) is 2.90. The second-order valence-corrected chi connectivity index (χ2v) is 8.34. The number of anilines is 1. The third-order valence-electron chi connectivity index (χ3n) is 4.55. The number of amides is 3. The average molecular weight is 466 g/mol. The summed E-state index contributed by atoms with van der Waals surface area (Å²) < 4.78 is 5.03. The second kappa shape index (κ2) is 12.5. The first-order chi connectivity index (χ1) is 15.4. The van der Waals surface area contributed by atoms with Crippen molar-refractivity contribution in [2.45, 2.75) is 64.9 Å². The van der Waals surface area contributed by atoms with Gasteiger partial charge in [-0.25, -0.2) is 20.9 Å². The fraction of sp³-hybridized carbons (Fsp3) is 0.524. The first-order valence-corrected chi connectivity index (χ1v) is 10.4. The Morgan fingerprint density at radius 3 is 2.42 bits per heavy atom. The summed E-state index contributed by atoms with van der Waals surface area (Å²) in [4.78, 5) is 58.4. The molecule has 0 saturated heterocycles. The van der Waals surface area contributed by atoms with Crippen LogP contribution >= 0.6 is 0 Å². The van der Waals surface area contributed by atoms with Gasteiger partial charge in [0.2, 0.25) is 11.8 Å². The number of carbonyl (C=O) groups excluding carboxylic acids is 3. The standard InChI is InChI=1S/C21H31N5O7/c1-13(17-14(19(29)30)9-8-10-15(17)24-25-32)18(28)23-12-7-5-6-11-16(27)26(22)20(31)33-21(2,3)4/h8-10,13H,5-7,11-12,22H2,1-4H3,(H,23,28)(H,24,32)(H,29,30). The summed E-state index contributed by atoms with van der Waals surface area (Å²) in [5, 5.41) is 15.1. The number of carboxylic acids is 1. The maximum Gasteiger partial charge on any atom is 0.431 e. The normalized spacial score (nSPS) is 11.8. The van der Waals surface area contributed by atoms with Crippen molar-refractivity contribution in [3.63, 3.8) is 0 Å². The Morgan fingerprint density at radius 2 is 1.85 bits per heavy atom. The molecule has 1 rings (SSSR count). The third-order valence-corrected chi connectivity index (χ3v) is 4.55. The number of nitroso groups, excluding NO2 is 1. The molecule has 1 atom stereocenters. The van der Waals surface area contributed by atoms with Gasteiger partial charge in [0, 0.05) is 18.5 Å². The van der Waals surface area contributed by atoms with Crippen molar-refractivity contribution in [2.75, 3.05) is 12.0 Å². The van der Waals surface area contributed by atoms with E-state index in [2.05, 4.69) is 16.0 Å². The summed E-state index contributed by atoms with van der Waals surface area (Å²) in [6.45, 7) is 6.80. The molecule has 0 fully saturated rings. The quantitative estimate of drug-likeness (QED) is 0.126. The molecular weight excluding hydrogens is 434 g/mol. The van der Waals surface area contributed by atoms with Crippen LogP contribution in [0.25, 0.3) is 0 Å². The van der Waals surface area contributed by atoms with Gasteiger partial charge in [-0.2, -0.15) is 5.01 Å². The van der Waals surface area contributed by atoms with E-state index in [1.165, 1.54) is 25.1 Å². The van der Waals surface area contributed by atoms with Crippen LogP contribution in [0, 0.1) is 4.91 Å². The molecule has 0 saturated carbocycles. The summed E-state index contributed by atoms with van der Waals surface area (Å²) in [7, 11) is 0. The number of hydrazine groups is 1. The SMILES string of the molecule is CC(C(=O)NCCCCCC(=O)N(N)C(=O)OC(C)(C)C)c1c(NN=O)cccc1C(=O)O. The van der Waals surface area contributed by atoms with E-state index in [1.807, 2.05) is 0 Å². The van der Waals surface area contributed by atoms with E-state index in [9.17, 15) is 29.2 Å². The van der Waals surface area contributed by atoms with E-state index < -0.39 is 35.4 Å². The van der Waals surface area contributed by atoms with E-state index in [0.29, 0.717) is 30.8 Å². The largest absolute Gasteiger partial charge is 0.478 e. The number of hydrogen-bond acceptors (Lipinski definition) is 8. The Balaban J connectivity index is 2.51. The summed E-state index contributed by atoms with van der Waals surface area (Å²) in [5.74, 6) is 2.40. The van der Waals surface area contributed by atoms with Crippen LogP contribution in [0.2, 0.25) is 0 Å². The Hall–Kier alpha value is -3.54. The number of carboxylic acid groups (broad SMARTS) is 1. The van der Waals surface area contributed by atoms with E-state index in [4.69, 9.17) is 10.6 Å². The molecule has 0 radical (unpaired) electrons. The van der Waals surface area contributed by atoms with Crippen LogP contribution in [0.1, 0.15) is 75.2 Å². The van der Waals surface area contributed by atoms with E-state index in [0.717, 1.165) is 0 Å². The summed E-state index contributed by atoms with van der Waals surface area (Å²) >= 11 is 0. The first kappa shape index (κ1) is 27.5. The van der Waals surface area contributed by atoms with Crippen LogP contribution in [-0.4, -0.2) is 46.1 Å². The lowest BCUT2D eigenvalue weighted by molar-refractivity contribution is -0.130. The van der Waals surface area contributed by atoms with Crippen molar-refractivity contribution < 1.29 is 29.0 Å². The number of aromatic carboxylic acids is 1. The third kappa shape index (κ3) is 8.85. The Morgan fingerprint density at radius 1 is 1.18 bits per heavy atom. The molecule has 0 bridgehead atoms. The zero-order valence-corrected chi connectivity index (χ0v) is 19.2. The van der Waals surface area contributed by atoms with Crippen LogP contribution in [0.5, 0.6) is 0 Å². The molecular formula is C21H31N5O7. The van der Waals surface area contributed by atoms with Crippen molar-refractivity contribution in [2.24, 2.45) is 11.1 Å². The van der Waals surface area contributed by atoms with Gasteiger partial charge in [-0.1, -0.05) is 12.5 Å². The molecule has 12 heteroatoms. The average Bonchev–Trinajstić information content (AvgIpc) is 2.73. The number of nitrogens with zero attached hydrogens (tertiary/aromatic N) is 2. The van der Waals surface area contributed by atoms with E-state index in [1.54, 1.807) is 20.8 Å². The fourth-order valence-corrected chi connectivity index (χ4v) is 2.97. The maximum atomic E-state index is 12.5. The van der Waals surface area contributed by atoms with Crippen molar-refractivity contribution in [3.8, 4) is 0 Å². The minimum absolute atomic E-state index is 0.0415. The number of imide groups is 1. The summed E-state index contributed by atoms with van der Waals surface area (Å²) in [6.07, 6.45) is 0.691. The highest BCUT2D eigenvalue weighted by atomic mass is 16.6. The number of nitrogens with two attached hydrogens (primary N) is 1. The molecule has 0 heterocycles. The van der Waals surface area contributed by atoms with Crippen LogP contribution in [0.3, 0.4) is 0 Å². The zero-order chi connectivity index (χ0) is 25.2. The molecule has 0 aliphatic carbocycles. The lowest BCUT2D eigenvalue weighted by Crippen LogP contribution is -2.45. The van der Waals surface area contributed by atoms with Gasteiger partial charge < -0.3 is 15.2 Å². The smallest absolute Gasteiger partial charge is 0.431 e. The molecule has 182 valence electrons. The minimum atomic E-state index is -1.23. The lowest BCUT2D eigenvalue weighted by Gasteiger charge is -2.23. The molecule has 5 N–H and O–H groups in total. The van der Waals surface area contributed by atoms with Gasteiger partial charge in [0.1, 0.15) is 5.60 Å². The van der Waals surface area contributed by atoms with Gasteiger partial charge in [0.15, 0.2) is 0 Å². The maximum absolute atomic E-state index is 12.5. The lowest BCUT2D eigenvalue weighted by atomic mass is 9.93. The fourth-order valence-electron chi connectivity index (χ4n) is 2.97. The summed E-state index contributed by atoms with van der Waals surface area (Å²) in [6, 6.07) is 4.24. The molecule has 33 heavy (non-hydrogen) atoms. The van der Waals surface area contributed by atoms with Gasteiger partial charge in [0.25, 0.3) is 0 Å². The number of hydrogen-bond donors (Lipinski definition) is 4. The molecule has 0 spiro atoms.